The Kier molecular flexibility index (Phi) is 5.86. The van der Waals surface area contributed by atoms with E-state index < -0.39 is 0 Å². The van der Waals surface area contributed by atoms with E-state index in [1.807, 2.05) is 11.8 Å². The number of thioether (sulfide) groups is 2. The Hall–Kier alpha value is 0.660. The highest BCUT2D eigenvalue weighted by molar-refractivity contribution is 7.99. The molecule has 0 aromatic heterocycles. The fraction of sp³-hybridized carbons (Fsp3) is 1.00. The van der Waals surface area contributed by atoms with Gasteiger partial charge in [-0.1, -0.05) is 20.8 Å². The van der Waals surface area contributed by atoms with Gasteiger partial charge in [0, 0.05) is 23.6 Å². The standard InChI is InChI=1S/C12H25NS2/c1-5-14-8-10(2)13-11-9-15-7-6-12(11,3)4/h10-11,13H,5-9H2,1-4H3. The Labute approximate surface area is 104 Å². The van der Waals surface area contributed by atoms with Gasteiger partial charge in [-0.3, -0.25) is 0 Å². The van der Waals surface area contributed by atoms with Gasteiger partial charge in [0.05, 0.1) is 0 Å². The SMILES string of the molecule is CCSCC(C)NC1CSCCC1(C)C. The zero-order valence-corrected chi connectivity index (χ0v) is 12.1. The van der Waals surface area contributed by atoms with E-state index in [2.05, 4.69) is 44.8 Å². The number of hydrogen-bond donors (Lipinski definition) is 1. The summed E-state index contributed by atoms with van der Waals surface area (Å²) in [6, 6.07) is 1.35. The second-order valence-corrected chi connectivity index (χ2v) is 7.56. The first-order valence-corrected chi connectivity index (χ1v) is 8.28. The molecule has 0 bridgehead atoms. The lowest BCUT2D eigenvalue weighted by atomic mass is 9.82. The lowest BCUT2D eigenvalue weighted by Crippen LogP contribution is -2.50. The van der Waals surface area contributed by atoms with Crippen molar-refractivity contribution in [1.82, 2.24) is 5.32 Å². The topological polar surface area (TPSA) is 12.0 Å². The first-order chi connectivity index (χ1) is 7.06. The summed E-state index contributed by atoms with van der Waals surface area (Å²) in [6.45, 7) is 9.37. The van der Waals surface area contributed by atoms with Crippen molar-refractivity contribution in [2.45, 2.75) is 46.2 Å². The quantitative estimate of drug-likeness (QED) is 0.801. The normalized spacial score (nSPS) is 27.6. The van der Waals surface area contributed by atoms with Crippen LogP contribution in [0.25, 0.3) is 0 Å². The van der Waals surface area contributed by atoms with Crippen LogP contribution in [0.5, 0.6) is 0 Å². The summed E-state index contributed by atoms with van der Waals surface area (Å²) in [5, 5.41) is 3.80. The summed E-state index contributed by atoms with van der Waals surface area (Å²) in [7, 11) is 0. The molecule has 0 amide bonds. The molecule has 1 N–H and O–H groups in total. The van der Waals surface area contributed by atoms with E-state index in [-0.39, 0.29) is 0 Å². The van der Waals surface area contributed by atoms with Gasteiger partial charge in [0.1, 0.15) is 0 Å². The second kappa shape index (κ2) is 6.41. The van der Waals surface area contributed by atoms with Crippen LogP contribution in [0.3, 0.4) is 0 Å². The molecule has 0 aromatic carbocycles. The molecule has 2 atom stereocenters. The van der Waals surface area contributed by atoms with Gasteiger partial charge >= 0.3 is 0 Å². The van der Waals surface area contributed by atoms with Crippen molar-refractivity contribution in [2.24, 2.45) is 5.41 Å². The lowest BCUT2D eigenvalue weighted by molar-refractivity contribution is 0.235. The molecule has 15 heavy (non-hydrogen) atoms. The Morgan fingerprint density at radius 2 is 2.27 bits per heavy atom. The summed E-state index contributed by atoms with van der Waals surface area (Å²) in [5.74, 6) is 5.10. The van der Waals surface area contributed by atoms with E-state index in [0.29, 0.717) is 17.5 Å². The highest BCUT2D eigenvalue weighted by Crippen LogP contribution is 2.34. The van der Waals surface area contributed by atoms with E-state index in [0.717, 1.165) is 0 Å². The van der Waals surface area contributed by atoms with E-state index in [1.54, 1.807) is 0 Å². The van der Waals surface area contributed by atoms with Crippen LogP contribution in [0.4, 0.5) is 0 Å². The fourth-order valence-corrected chi connectivity index (χ4v) is 4.20. The van der Waals surface area contributed by atoms with Crippen LogP contribution < -0.4 is 5.32 Å². The molecule has 1 nitrogen and oxygen atoms in total. The third-order valence-electron chi connectivity index (χ3n) is 3.18. The van der Waals surface area contributed by atoms with Gasteiger partial charge in [-0.2, -0.15) is 23.5 Å². The Bertz CT molecular complexity index is 182. The van der Waals surface area contributed by atoms with Gasteiger partial charge < -0.3 is 5.32 Å². The first-order valence-electron chi connectivity index (χ1n) is 5.98. The Morgan fingerprint density at radius 1 is 1.53 bits per heavy atom. The van der Waals surface area contributed by atoms with Gasteiger partial charge in [0.2, 0.25) is 0 Å². The van der Waals surface area contributed by atoms with Crippen molar-refractivity contribution in [3.05, 3.63) is 0 Å². The molecule has 1 saturated heterocycles. The molecule has 1 heterocycles. The van der Waals surface area contributed by atoms with Crippen LogP contribution in [-0.4, -0.2) is 35.1 Å². The first kappa shape index (κ1) is 13.7. The van der Waals surface area contributed by atoms with Crippen molar-refractivity contribution in [1.29, 1.82) is 0 Å². The lowest BCUT2D eigenvalue weighted by Gasteiger charge is -2.40. The average molecular weight is 247 g/mol. The summed E-state index contributed by atoms with van der Waals surface area (Å²) in [5.41, 5.74) is 0.483. The monoisotopic (exact) mass is 247 g/mol. The van der Waals surface area contributed by atoms with Gasteiger partial charge in [0.25, 0.3) is 0 Å². The van der Waals surface area contributed by atoms with Crippen molar-refractivity contribution in [2.75, 3.05) is 23.0 Å². The predicted octanol–water partition coefficient (Wildman–Crippen LogP) is 3.25. The van der Waals surface area contributed by atoms with Gasteiger partial charge in [-0.05, 0) is 30.3 Å². The Balaban J connectivity index is 2.34. The third-order valence-corrected chi connectivity index (χ3v) is 5.38. The molecule has 0 saturated carbocycles. The molecule has 1 aliphatic rings. The molecule has 0 aliphatic carbocycles. The van der Waals surface area contributed by atoms with E-state index in [1.165, 1.54) is 29.4 Å². The highest BCUT2D eigenvalue weighted by Gasteiger charge is 2.32. The zero-order chi connectivity index (χ0) is 11.3. The summed E-state index contributed by atoms with van der Waals surface area (Å²) < 4.78 is 0. The van der Waals surface area contributed by atoms with Gasteiger partial charge in [-0.25, -0.2) is 0 Å². The average Bonchev–Trinajstić information content (AvgIpc) is 2.18. The number of hydrogen-bond acceptors (Lipinski definition) is 3. The molecule has 1 aliphatic heterocycles. The second-order valence-electron chi connectivity index (χ2n) is 5.09. The van der Waals surface area contributed by atoms with Crippen LogP contribution in [0.2, 0.25) is 0 Å². The van der Waals surface area contributed by atoms with E-state index in [4.69, 9.17) is 0 Å². The molecule has 1 rings (SSSR count). The van der Waals surface area contributed by atoms with Crippen LogP contribution >= 0.6 is 23.5 Å². The van der Waals surface area contributed by atoms with Crippen LogP contribution in [-0.2, 0) is 0 Å². The smallest absolute Gasteiger partial charge is 0.0212 e. The van der Waals surface area contributed by atoms with Crippen LogP contribution in [0.15, 0.2) is 0 Å². The minimum absolute atomic E-state index is 0.483. The minimum Gasteiger partial charge on any atom is -0.309 e. The van der Waals surface area contributed by atoms with Gasteiger partial charge in [0.15, 0.2) is 0 Å². The molecule has 1 fully saturated rings. The maximum Gasteiger partial charge on any atom is 0.0212 e. The summed E-state index contributed by atoms with van der Waals surface area (Å²) in [6.07, 6.45) is 1.35. The van der Waals surface area contributed by atoms with Crippen molar-refractivity contribution >= 4 is 23.5 Å². The molecular formula is C12H25NS2. The molecule has 0 radical (unpaired) electrons. The molecule has 0 aromatic rings. The summed E-state index contributed by atoms with van der Waals surface area (Å²) in [4.78, 5) is 0. The molecule has 2 unspecified atom stereocenters. The molecule has 90 valence electrons. The van der Waals surface area contributed by atoms with Gasteiger partial charge in [-0.15, -0.1) is 0 Å². The molecular weight excluding hydrogens is 222 g/mol. The largest absolute Gasteiger partial charge is 0.309 e. The maximum atomic E-state index is 3.80. The zero-order valence-electron chi connectivity index (χ0n) is 10.5. The maximum absolute atomic E-state index is 3.80. The number of nitrogens with one attached hydrogen (secondary N) is 1. The third kappa shape index (κ3) is 4.58. The number of rotatable bonds is 5. The fourth-order valence-electron chi connectivity index (χ4n) is 1.90. The van der Waals surface area contributed by atoms with Crippen LogP contribution in [0.1, 0.15) is 34.1 Å². The van der Waals surface area contributed by atoms with Crippen LogP contribution in [0, 0.1) is 5.41 Å². The molecule has 0 spiro atoms. The predicted molar refractivity (Wildman–Crippen MR) is 75.1 cm³/mol. The summed E-state index contributed by atoms with van der Waals surface area (Å²) >= 11 is 4.14. The molecule has 3 heteroatoms. The highest BCUT2D eigenvalue weighted by atomic mass is 32.2. The van der Waals surface area contributed by atoms with Crippen molar-refractivity contribution < 1.29 is 0 Å². The van der Waals surface area contributed by atoms with Crippen molar-refractivity contribution in [3.8, 4) is 0 Å². The van der Waals surface area contributed by atoms with E-state index >= 15 is 0 Å². The van der Waals surface area contributed by atoms with E-state index in [9.17, 15) is 0 Å². The minimum atomic E-state index is 0.483. The van der Waals surface area contributed by atoms with Crippen molar-refractivity contribution in [3.63, 3.8) is 0 Å². The Morgan fingerprint density at radius 3 is 2.87 bits per heavy atom.